The normalized spacial score (nSPS) is 10.3. The summed E-state index contributed by atoms with van der Waals surface area (Å²) in [5.41, 5.74) is 6.23. The maximum Gasteiger partial charge on any atom is 0.201 e. The second kappa shape index (κ2) is 6.23. The van der Waals surface area contributed by atoms with Gasteiger partial charge in [-0.25, -0.2) is 4.39 Å². The number of nitrogens with two attached hydrogens (primary N) is 1. The summed E-state index contributed by atoms with van der Waals surface area (Å²) in [6.07, 6.45) is 0.836. The van der Waals surface area contributed by atoms with Crippen LogP contribution in [0.15, 0.2) is 36.4 Å². The molecule has 5 heteroatoms. The summed E-state index contributed by atoms with van der Waals surface area (Å²) >= 11 is 0. The summed E-state index contributed by atoms with van der Waals surface area (Å²) in [6.45, 7) is 2.49. The van der Waals surface area contributed by atoms with Gasteiger partial charge in [-0.2, -0.15) is 4.39 Å². The minimum absolute atomic E-state index is 0.184. The number of hydrogen-bond donors (Lipinski definition) is 1. The van der Waals surface area contributed by atoms with Gasteiger partial charge in [0.05, 0.1) is 12.3 Å². The molecule has 0 heterocycles. The van der Waals surface area contributed by atoms with Crippen molar-refractivity contribution >= 4 is 5.69 Å². The lowest BCUT2D eigenvalue weighted by molar-refractivity contribution is 0.317. The number of rotatable bonds is 5. The largest absolute Gasteiger partial charge is 0.491 e. The van der Waals surface area contributed by atoms with Gasteiger partial charge in [-0.15, -0.1) is 0 Å². The molecule has 0 saturated carbocycles. The Kier molecular flexibility index (Phi) is 4.40. The Balaban J connectivity index is 2.23. The SMILES string of the molecule is CCCOc1cc(Oc2cccc(F)c2F)ccc1N. The zero-order valence-electron chi connectivity index (χ0n) is 11.0. The summed E-state index contributed by atoms with van der Waals surface area (Å²) in [5, 5.41) is 0. The van der Waals surface area contributed by atoms with E-state index in [1.165, 1.54) is 12.1 Å². The van der Waals surface area contributed by atoms with Crippen molar-refractivity contribution in [3.8, 4) is 17.2 Å². The number of ether oxygens (including phenoxy) is 2. The highest BCUT2D eigenvalue weighted by Crippen LogP contribution is 2.31. The molecule has 2 aromatic rings. The molecule has 20 heavy (non-hydrogen) atoms. The van der Waals surface area contributed by atoms with Crippen molar-refractivity contribution in [2.45, 2.75) is 13.3 Å². The van der Waals surface area contributed by atoms with E-state index < -0.39 is 11.6 Å². The highest BCUT2D eigenvalue weighted by molar-refractivity contribution is 5.56. The average molecular weight is 279 g/mol. The van der Waals surface area contributed by atoms with E-state index in [1.54, 1.807) is 18.2 Å². The molecule has 0 unspecified atom stereocenters. The first kappa shape index (κ1) is 14.1. The smallest absolute Gasteiger partial charge is 0.201 e. The van der Waals surface area contributed by atoms with Crippen LogP contribution in [-0.2, 0) is 0 Å². The molecule has 3 nitrogen and oxygen atoms in total. The molecule has 2 rings (SSSR count). The predicted molar refractivity (Wildman–Crippen MR) is 73.1 cm³/mol. The monoisotopic (exact) mass is 279 g/mol. The fraction of sp³-hybridized carbons (Fsp3) is 0.200. The molecule has 0 aliphatic carbocycles. The van der Waals surface area contributed by atoms with Crippen LogP contribution in [0.1, 0.15) is 13.3 Å². The summed E-state index contributed by atoms with van der Waals surface area (Å²) in [4.78, 5) is 0. The lowest BCUT2D eigenvalue weighted by Crippen LogP contribution is -1.99. The second-order valence-electron chi connectivity index (χ2n) is 4.20. The van der Waals surface area contributed by atoms with Crippen LogP contribution >= 0.6 is 0 Å². The third kappa shape index (κ3) is 3.17. The van der Waals surface area contributed by atoms with Gasteiger partial charge in [-0.05, 0) is 30.7 Å². The molecule has 0 amide bonds. The Labute approximate surface area is 115 Å². The molecule has 0 spiro atoms. The van der Waals surface area contributed by atoms with E-state index in [0.717, 1.165) is 12.5 Å². The predicted octanol–water partition coefficient (Wildman–Crippen LogP) is 4.13. The van der Waals surface area contributed by atoms with Gasteiger partial charge in [-0.1, -0.05) is 13.0 Å². The molecule has 2 aromatic carbocycles. The fourth-order valence-electron chi connectivity index (χ4n) is 1.61. The van der Waals surface area contributed by atoms with Crippen molar-refractivity contribution in [2.24, 2.45) is 0 Å². The summed E-state index contributed by atoms with van der Waals surface area (Å²) in [7, 11) is 0. The number of halogens is 2. The van der Waals surface area contributed by atoms with Crippen LogP contribution in [0, 0.1) is 11.6 Å². The molecule has 106 valence electrons. The van der Waals surface area contributed by atoms with Crippen LogP contribution in [0.25, 0.3) is 0 Å². The fourth-order valence-corrected chi connectivity index (χ4v) is 1.61. The van der Waals surface area contributed by atoms with E-state index in [4.69, 9.17) is 15.2 Å². The molecule has 0 aliphatic rings. The highest BCUT2D eigenvalue weighted by Gasteiger charge is 2.11. The van der Waals surface area contributed by atoms with Gasteiger partial charge in [0.1, 0.15) is 11.5 Å². The Morgan fingerprint density at radius 1 is 1.10 bits per heavy atom. The molecule has 2 N–H and O–H groups in total. The topological polar surface area (TPSA) is 44.5 Å². The van der Waals surface area contributed by atoms with Crippen molar-refractivity contribution in [1.29, 1.82) is 0 Å². The third-order valence-corrected chi connectivity index (χ3v) is 2.59. The highest BCUT2D eigenvalue weighted by atomic mass is 19.2. The van der Waals surface area contributed by atoms with Gasteiger partial charge in [0.15, 0.2) is 11.6 Å². The molecule has 0 radical (unpaired) electrons. The standard InChI is InChI=1S/C15H15F2NO2/c1-2-8-19-14-9-10(6-7-12(14)18)20-13-5-3-4-11(16)15(13)17/h3-7,9H,2,8,18H2,1H3. The van der Waals surface area contributed by atoms with Crippen LogP contribution in [0.5, 0.6) is 17.2 Å². The van der Waals surface area contributed by atoms with E-state index in [1.807, 2.05) is 6.92 Å². The quantitative estimate of drug-likeness (QED) is 0.837. The van der Waals surface area contributed by atoms with Gasteiger partial charge in [0.25, 0.3) is 0 Å². The van der Waals surface area contributed by atoms with Crippen LogP contribution in [0.2, 0.25) is 0 Å². The van der Waals surface area contributed by atoms with Gasteiger partial charge in [0, 0.05) is 6.07 Å². The molecule has 0 aliphatic heterocycles. The number of anilines is 1. The van der Waals surface area contributed by atoms with Gasteiger partial charge in [-0.3, -0.25) is 0 Å². The maximum absolute atomic E-state index is 13.5. The maximum atomic E-state index is 13.5. The first-order chi connectivity index (χ1) is 9.61. The Hall–Kier alpha value is -2.30. The Bertz CT molecular complexity index is 602. The third-order valence-electron chi connectivity index (χ3n) is 2.59. The zero-order valence-corrected chi connectivity index (χ0v) is 11.0. The minimum Gasteiger partial charge on any atom is -0.491 e. The lowest BCUT2D eigenvalue weighted by atomic mass is 10.2. The summed E-state index contributed by atoms with van der Waals surface area (Å²) in [5.74, 6) is -1.38. The molecule has 0 aromatic heterocycles. The van der Waals surface area contributed by atoms with E-state index in [2.05, 4.69) is 0 Å². The number of nitrogen functional groups attached to an aromatic ring is 1. The molecular formula is C15H15F2NO2. The molecule has 0 fully saturated rings. The van der Waals surface area contributed by atoms with Crippen LogP contribution in [-0.4, -0.2) is 6.61 Å². The number of benzene rings is 2. The Morgan fingerprint density at radius 3 is 2.65 bits per heavy atom. The van der Waals surface area contributed by atoms with Crippen molar-refractivity contribution < 1.29 is 18.3 Å². The first-order valence-electron chi connectivity index (χ1n) is 6.26. The van der Waals surface area contributed by atoms with Gasteiger partial charge in [0.2, 0.25) is 5.82 Å². The minimum atomic E-state index is -1.03. The van der Waals surface area contributed by atoms with Crippen molar-refractivity contribution in [3.05, 3.63) is 48.0 Å². The van der Waals surface area contributed by atoms with Crippen LogP contribution < -0.4 is 15.2 Å². The number of hydrogen-bond acceptors (Lipinski definition) is 3. The van der Waals surface area contributed by atoms with Crippen molar-refractivity contribution in [2.75, 3.05) is 12.3 Å². The van der Waals surface area contributed by atoms with Crippen LogP contribution in [0.3, 0.4) is 0 Å². The second-order valence-corrected chi connectivity index (χ2v) is 4.20. The van der Waals surface area contributed by atoms with Gasteiger partial charge < -0.3 is 15.2 Å². The van der Waals surface area contributed by atoms with Crippen molar-refractivity contribution in [3.63, 3.8) is 0 Å². The van der Waals surface area contributed by atoms with Crippen molar-refractivity contribution in [1.82, 2.24) is 0 Å². The summed E-state index contributed by atoms with van der Waals surface area (Å²) < 4.78 is 37.4. The average Bonchev–Trinajstić information content (AvgIpc) is 2.44. The van der Waals surface area contributed by atoms with E-state index in [0.29, 0.717) is 23.8 Å². The van der Waals surface area contributed by atoms with E-state index >= 15 is 0 Å². The van der Waals surface area contributed by atoms with Gasteiger partial charge >= 0.3 is 0 Å². The lowest BCUT2D eigenvalue weighted by Gasteiger charge is -2.11. The first-order valence-corrected chi connectivity index (χ1v) is 6.26. The van der Waals surface area contributed by atoms with Crippen LogP contribution in [0.4, 0.5) is 14.5 Å². The van der Waals surface area contributed by atoms with E-state index in [-0.39, 0.29) is 5.75 Å². The molecule has 0 saturated heterocycles. The summed E-state index contributed by atoms with van der Waals surface area (Å²) in [6, 6.07) is 8.47. The molecule has 0 bridgehead atoms. The molecular weight excluding hydrogens is 264 g/mol. The molecule has 0 atom stereocenters. The Morgan fingerprint density at radius 2 is 1.90 bits per heavy atom. The van der Waals surface area contributed by atoms with E-state index in [9.17, 15) is 8.78 Å². The zero-order chi connectivity index (χ0) is 14.5.